The summed E-state index contributed by atoms with van der Waals surface area (Å²) in [4.78, 5) is 13.1. The molecule has 0 aliphatic heterocycles. The Morgan fingerprint density at radius 1 is 0.935 bits per heavy atom. The van der Waals surface area contributed by atoms with Gasteiger partial charge in [0.1, 0.15) is 16.9 Å². The van der Waals surface area contributed by atoms with E-state index in [1.807, 2.05) is 18.2 Å². The van der Waals surface area contributed by atoms with Crippen molar-refractivity contribution in [3.8, 4) is 11.4 Å². The number of nitrogens with zero attached hydrogens (tertiary/aromatic N) is 3. The van der Waals surface area contributed by atoms with Crippen molar-refractivity contribution in [1.29, 1.82) is 0 Å². The molecule has 1 aromatic heterocycles. The third kappa shape index (κ3) is 4.56. The number of nitrogens with two attached hydrogens (primary N) is 1. The van der Waals surface area contributed by atoms with Crippen LogP contribution in [0.3, 0.4) is 0 Å². The zero-order chi connectivity index (χ0) is 21.8. The lowest BCUT2D eigenvalue weighted by Gasteiger charge is -2.16. The number of aromatic nitrogens is 3. The number of carbonyl (C=O) groups excluding carboxylic acids is 1. The van der Waals surface area contributed by atoms with Crippen LogP contribution in [-0.2, 0) is 4.79 Å². The van der Waals surface area contributed by atoms with Gasteiger partial charge in [-0.25, -0.2) is 13.5 Å². The highest BCUT2D eigenvalue weighted by Crippen LogP contribution is 2.36. The lowest BCUT2D eigenvalue weighted by molar-refractivity contribution is -0.115. The fraction of sp³-hybridized carbons (Fsp3) is 0.0455. The van der Waals surface area contributed by atoms with E-state index in [2.05, 4.69) is 15.5 Å². The van der Waals surface area contributed by atoms with Crippen LogP contribution in [0.15, 0.2) is 84.0 Å². The maximum atomic E-state index is 14.2. The largest absolute Gasteiger partial charge is 0.335 e. The first-order chi connectivity index (χ1) is 15.0. The lowest BCUT2D eigenvalue weighted by atomic mass is 10.1. The molecular formula is C22H17F2N5OS. The Balaban J connectivity index is 1.64. The fourth-order valence-corrected chi connectivity index (χ4v) is 3.89. The van der Waals surface area contributed by atoms with E-state index in [9.17, 15) is 13.6 Å². The smallest absolute Gasteiger partial charge is 0.242 e. The second-order valence-electron chi connectivity index (χ2n) is 6.56. The van der Waals surface area contributed by atoms with E-state index in [0.29, 0.717) is 11.3 Å². The molecule has 6 nitrogen and oxygen atoms in total. The molecule has 0 aliphatic rings. The Hall–Kier alpha value is -3.72. The quantitative estimate of drug-likeness (QED) is 0.345. The molecule has 3 aromatic carbocycles. The van der Waals surface area contributed by atoms with Crippen molar-refractivity contribution in [1.82, 2.24) is 14.9 Å². The predicted octanol–water partition coefficient (Wildman–Crippen LogP) is 4.41. The van der Waals surface area contributed by atoms with Gasteiger partial charge in [-0.3, -0.25) is 4.79 Å². The summed E-state index contributed by atoms with van der Waals surface area (Å²) in [6.45, 7) is 0. The van der Waals surface area contributed by atoms with E-state index < -0.39 is 16.9 Å². The zero-order valence-electron chi connectivity index (χ0n) is 16.1. The minimum absolute atomic E-state index is 0.145. The van der Waals surface area contributed by atoms with Gasteiger partial charge in [-0.05, 0) is 42.0 Å². The van der Waals surface area contributed by atoms with E-state index in [0.717, 1.165) is 16.4 Å². The molecule has 9 heteroatoms. The van der Waals surface area contributed by atoms with Crippen molar-refractivity contribution < 1.29 is 13.6 Å². The van der Waals surface area contributed by atoms with Crippen LogP contribution in [0.2, 0.25) is 0 Å². The molecule has 0 aliphatic carbocycles. The predicted molar refractivity (Wildman–Crippen MR) is 116 cm³/mol. The van der Waals surface area contributed by atoms with Crippen LogP contribution >= 0.6 is 11.8 Å². The summed E-state index contributed by atoms with van der Waals surface area (Å²) < 4.78 is 28.5. The third-order valence-corrected chi connectivity index (χ3v) is 5.67. The number of hydrogen-bond acceptors (Lipinski definition) is 5. The van der Waals surface area contributed by atoms with Gasteiger partial charge in [-0.15, -0.1) is 10.2 Å². The highest BCUT2D eigenvalue weighted by molar-refractivity contribution is 8.00. The molecule has 4 aromatic rings. The molecule has 31 heavy (non-hydrogen) atoms. The van der Waals surface area contributed by atoms with Gasteiger partial charge in [0.25, 0.3) is 0 Å². The average Bonchev–Trinajstić information content (AvgIpc) is 3.14. The molecule has 156 valence electrons. The Labute approximate surface area is 181 Å². The number of amides is 1. The first-order valence-corrected chi connectivity index (χ1v) is 10.1. The van der Waals surface area contributed by atoms with E-state index in [-0.39, 0.29) is 22.5 Å². The lowest BCUT2D eigenvalue weighted by Crippen LogP contribution is -2.20. The summed E-state index contributed by atoms with van der Waals surface area (Å²) in [5.74, 6) is 5.05. The molecule has 0 saturated carbocycles. The molecule has 0 radical (unpaired) electrons. The number of rotatable bonds is 6. The van der Waals surface area contributed by atoms with Gasteiger partial charge in [-0.2, -0.15) is 0 Å². The van der Waals surface area contributed by atoms with Crippen molar-refractivity contribution in [2.45, 2.75) is 10.4 Å². The van der Waals surface area contributed by atoms with Crippen LogP contribution in [0.1, 0.15) is 10.8 Å². The van der Waals surface area contributed by atoms with Crippen LogP contribution in [0.4, 0.5) is 14.5 Å². The van der Waals surface area contributed by atoms with Crippen LogP contribution in [0.25, 0.3) is 11.4 Å². The zero-order valence-corrected chi connectivity index (χ0v) is 16.9. The van der Waals surface area contributed by atoms with Crippen molar-refractivity contribution in [2.75, 3.05) is 11.2 Å². The third-order valence-electron chi connectivity index (χ3n) is 4.45. The van der Waals surface area contributed by atoms with Gasteiger partial charge in [0.15, 0.2) is 5.82 Å². The van der Waals surface area contributed by atoms with E-state index in [1.165, 1.54) is 30.3 Å². The van der Waals surface area contributed by atoms with Crippen molar-refractivity contribution in [3.05, 3.63) is 96.1 Å². The number of hydrogen-bond donors (Lipinski definition) is 2. The highest BCUT2D eigenvalue weighted by Gasteiger charge is 2.26. The van der Waals surface area contributed by atoms with Crippen LogP contribution in [0, 0.1) is 11.6 Å². The van der Waals surface area contributed by atoms with Gasteiger partial charge in [-0.1, -0.05) is 54.2 Å². The summed E-state index contributed by atoms with van der Waals surface area (Å²) in [5.41, 5.74) is 1.37. The van der Waals surface area contributed by atoms with Gasteiger partial charge in [0.2, 0.25) is 11.1 Å². The SMILES string of the molecule is Nn1c(SC(C(=O)Nc2ccc(F)cc2)c2ccccc2)nnc1-c1ccccc1F. The molecule has 3 N–H and O–H groups in total. The molecule has 1 atom stereocenters. The molecule has 1 amide bonds. The normalized spacial score (nSPS) is 11.8. The number of nitrogens with one attached hydrogen (secondary N) is 1. The highest BCUT2D eigenvalue weighted by atomic mass is 32.2. The topological polar surface area (TPSA) is 85.8 Å². The molecule has 1 unspecified atom stereocenters. The summed E-state index contributed by atoms with van der Waals surface area (Å²) in [7, 11) is 0. The van der Waals surface area contributed by atoms with E-state index in [4.69, 9.17) is 5.84 Å². The minimum Gasteiger partial charge on any atom is -0.335 e. The van der Waals surface area contributed by atoms with E-state index in [1.54, 1.807) is 30.3 Å². The van der Waals surface area contributed by atoms with Gasteiger partial charge < -0.3 is 11.2 Å². The Morgan fingerprint density at radius 2 is 1.61 bits per heavy atom. The standard InChI is InChI=1S/C22H17F2N5OS/c23-15-10-12-16(13-11-15)26-21(30)19(14-6-2-1-3-7-14)31-22-28-27-20(29(22)25)17-8-4-5-9-18(17)24/h1-13,19H,25H2,(H,26,30). The Kier molecular flexibility index (Phi) is 5.94. The molecule has 4 rings (SSSR count). The number of benzene rings is 3. The molecule has 0 bridgehead atoms. The summed E-state index contributed by atoms with van der Waals surface area (Å²) in [5, 5.41) is 10.3. The van der Waals surface area contributed by atoms with Gasteiger partial charge >= 0.3 is 0 Å². The monoisotopic (exact) mass is 437 g/mol. The average molecular weight is 437 g/mol. The number of halogens is 2. The number of anilines is 1. The summed E-state index contributed by atoms with van der Waals surface area (Å²) in [6.07, 6.45) is 0. The molecule has 1 heterocycles. The van der Waals surface area contributed by atoms with Crippen molar-refractivity contribution in [2.24, 2.45) is 0 Å². The molecule has 0 saturated heterocycles. The first-order valence-electron chi connectivity index (χ1n) is 9.26. The second kappa shape index (κ2) is 8.97. The number of carbonyl (C=O) groups is 1. The van der Waals surface area contributed by atoms with Crippen molar-refractivity contribution in [3.63, 3.8) is 0 Å². The maximum Gasteiger partial charge on any atom is 0.242 e. The Bertz CT molecular complexity index is 1200. The first kappa shape index (κ1) is 20.5. The summed E-state index contributed by atoms with van der Waals surface area (Å²) >= 11 is 1.08. The molecule has 0 spiro atoms. The van der Waals surface area contributed by atoms with Gasteiger partial charge in [0.05, 0.1) is 5.56 Å². The summed E-state index contributed by atoms with van der Waals surface area (Å²) in [6, 6.07) is 20.6. The second-order valence-corrected chi connectivity index (χ2v) is 7.63. The fourth-order valence-electron chi connectivity index (χ4n) is 2.93. The van der Waals surface area contributed by atoms with Gasteiger partial charge in [0, 0.05) is 5.69 Å². The van der Waals surface area contributed by atoms with Crippen LogP contribution in [0.5, 0.6) is 0 Å². The van der Waals surface area contributed by atoms with Crippen LogP contribution < -0.4 is 11.2 Å². The minimum atomic E-state index is -0.730. The molecule has 0 fully saturated rings. The number of thioether (sulfide) groups is 1. The molecular weight excluding hydrogens is 420 g/mol. The van der Waals surface area contributed by atoms with Crippen molar-refractivity contribution >= 4 is 23.4 Å². The Morgan fingerprint density at radius 3 is 2.32 bits per heavy atom. The number of nitrogen functional groups attached to an aromatic ring is 1. The van der Waals surface area contributed by atoms with E-state index >= 15 is 0 Å². The van der Waals surface area contributed by atoms with Crippen LogP contribution in [-0.4, -0.2) is 20.8 Å². The maximum absolute atomic E-state index is 14.2.